The Hall–Kier alpha value is -3.37. The van der Waals surface area contributed by atoms with Crippen LogP contribution in [-0.2, 0) is 26.5 Å². The predicted octanol–water partition coefficient (Wildman–Crippen LogP) is 8.84. The van der Waals surface area contributed by atoms with Gasteiger partial charge in [-0.25, -0.2) is 0 Å². The Labute approximate surface area is 235 Å². The largest absolute Gasteiger partial charge is 4.00 e. The van der Waals surface area contributed by atoms with Gasteiger partial charge in [-0.1, -0.05) is 110 Å². The first kappa shape index (κ1) is 34.8. The Morgan fingerprint density at radius 2 is 0.889 bits per heavy atom. The smallest absolute Gasteiger partial charge is 0.671 e. The van der Waals surface area contributed by atoms with Crippen LogP contribution in [0.1, 0.15) is 11.1 Å². The molecular formula is C32H31NOSiTi. The van der Waals surface area contributed by atoms with Crippen LogP contribution in [0.5, 0.6) is 0 Å². The van der Waals surface area contributed by atoms with Gasteiger partial charge in [0.25, 0.3) is 0 Å². The molecule has 4 radical (unpaired) electrons. The first-order chi connectivity index (χ1) is 15.7. The Morgan fingerprint density at radius 3 is 1.22 bits per heavy atom. The van der Waals surface area contributed by atoms with Crippen molar-refractivity contribution in [2.45, 2.75) is 0 Å². The van der Waals surface area contributed by atoms with Gasteiger partial charge in [0.2, 0.25) is 0 Å². The molecule has 1 N–H and O–H groups in total. The molecule has 0 unspecified atom stereocenters. The van der Waals surface area contributed by atoms with Crippen LogP contribution in [0.2, 0.25) is 0 Å². The van der Waals surface area contributed by atoms with E-state index in [9.17, 15) is 0 Å². The summed E-state index contributed by atoms with van der Waals surface area (Å²) in [6, 6.07) is 39.5. The van der Waals surface area contributed by atoms with Gasteiger partial charge >= 0.3 is 21.7 Å². The van der Waals surface area contributed by atoms with Crippen LogP contribution in [0.4, 0.5) is 0 Å². The van der Waals surface area contributed by atoms with Crippen molar-refractivity contribution in [1.82, 2.24) is 0 Å². The van der Waals surface area contributed by atoms with Crippen LogP contribution in [-0.4, -0.2) is 17.4 Å². The monoisotopic (exact) mass is 521 g/mol. The van der Waals surface area contributed by atoms with Crippen molar-refractivity contribution in [2.75, 3.05) is 0 Å². The molecule has 0 heterocycles. The average molecular weight is 522 g/mol. The Kier molecular flexibility index (Phi) is 17.4. The molecule has 0 bridgehead atoms. The van der Waals surface area contributed by atoms with Gasteiger partial charge in [-0.05, 0) is 22.3 Å². The third kappa shape index (κ3) is 9.01. The Balaban J connectivity index is 0. The minimum atomic E-state index is 0. The summed E-state index contributed by atoms with van der Waals surface area (Å²) < 4.78 is 0. The van der Waals surface area contributed by atoms with E-state index in [1.165, 1.54) is 21.5 Å². The van der Waals surface area contributed by atoms with Crippen molar-refractivity contribution < 1.29 is 26.5 Å². The molecule has 0 spiro atoms. The van der Waals surface area contributed by atoms with E-state index in [0.717, 1.165) is 22.3 Å². The van der Waals surface area contributed by atoms with Crippen LogP contribution in [0.15, 0.2) is 128 Å². The molecule has 0 aliphatic heterocycles. The molecule has 2 nitrogen and oxygen atoms in total. The Morgan fingerprint density at radius 1 is 0.611 bits per heavy atom. The summed E-state index contributed by atoms with van der Waals surface area (Å²) in [5.74, 6) is 0. The van der Waals surface area contributed by atoms with E-state index in [0.29, 0.717) is 0 Å². The second-order valence-corrected chi connectivity index (χ2v) is 7.13. The fourth-order valence-corrected chi connectivity index (χ4v) is 3.53. The average Bonchev–Trinajstić information content (AvgIpc) is 3.24. The maximum atomic E-state index is 8.47. The Bertz CT molecular complexity index is 1230. The van der Waals surface area contributed by atoms with Crippen molar-refractivity contribution in [3.8, 4) is 0 Å². The molecule has 5 aromatic rings. The zero-order valence-electron chi connectivity index (χ0n) is 20.9. The molecule has 0 aromatic heterocycles. The minimum Gasteiger partial charge on any atom is -0.671 e. The van der Waals surface area contributed by atoms with Gasteiger partial charge in [0.1, 0.15) is 0 Å². The number of hydrogen-bond donors (Lipinski definition) is 0. The summed E-state index contributed by atoms with van der Waals surface area (Å²) in [5, 5.41) is 5.39. The SMILES string of the molecule is C=C(C(=C)c1ccccc1)c1ccccc1.[CH3-].[CH3-].[NH-]C=O.[Si].[Ti+4].c1ccc2c(c1)[cH-]c1ccccc12. The van der Waals surface area contributed by atoms with Gasteiger partial charge < -0.3 is 25.4 Å². The van der Waals surface area contributed by atoms with Crippen molar-refractivity contribution in [2.24, 2.45) is 0 Å². The van der Waals surface area contributed by atoms with Gasteiger partial charge in [0.15, 0.2) is 0 Å². The van der Waals surface area contributed by atoms with Crippen LogP contribution in [0, 0.1) is 14.9 Å². The van der Waals surface area contributed by atoms with Crippen molar-refractivity contribution in [3.05, 3.63) is 160 Å². The first-order valence-electron chi connectivity index (χ1n) is 10.3. The maximum Gasteiger partial charge on any atom is 4.00 e. The number of benzene rings is 4. The molecule has 0 aliphatic rings. The van der Waals surface area contributed by atoms with E-state index in [-0.39, 0.29) is 53.9 Å². The van der Waals surface area contributed by atoms with Crippen LogP contribution in [0.3, 0.4) is 0 Å². The zero-order chi connectivity index (χ0) is 22.8. The van der Waals surface area contributed by atoms with E-state index < -0.39 is 0 Å². The van der Waals surface area contributed by atoms with Gasteiger partial charge in [-0.2, -0.15) is 0 Å². The van der Waals surface area contributed by atoms with Gasteiger partial charge in [-0.15, -0.1) is 39.7 Å². The third-order valence-electron chi connectivity index (χ3n) is 5.13. The first-order valence-corrected chi connectivity index (χ1v) is 10.3. The zero-order valence-corrected chi connectivity index (χ0v) is 23.4. The molecule has 0 fully saturated rings. The molecule has 0 saturated carbocycles. The predicted molar refractivity (Wildman–Crippen MR) is 157 cm³/mol. The molecule has 5 rings (SSSR count). The van der Waals surface area contributed by atoms with E-state index in [1.54, 1.807) is 0 Å². The van der Waals surface area contributed by atoms with E-state index in [4.69, 9.17) is 10.5 Å². The van der Waals surface area contributed by atoms with Gasteiger partial charge in [0.05, 0.1) is 0 Å². The number of nitrogens with one attached hydrogen (secondary N) is 1. The summed E-state index contributed by atoms with van der Waals surface area (Å²) >= 11 is 0. The van der Waals surface area contributed by atoms with E-state index >= 15 is 0 Å². The molecule has 0 saturated heterocycles. The van der Waals surface area contributed by atoms with Crippen LogP contribution < -0.4 is 0 Å². The number of carbonyl (C=O) groups is 1. The summed E-state index contributed by atoms with van der Waals surface area (Å²) in [6.45, 7) is 8.20. The van der Waals surface area contributed by atoms with Crippen LogP contribution in [0.25, 0.3) is 38.4 Å². The fraction of sp³-hybridized carbons (Fsp3) is 0. The molecule has 0 aliphatic carbocycles. The van der Waals surface area contributed by atoms with Gasteiger partial charge in [0, 0.05) is 17.4 Å². The van der Waals surface area contributed by atoms with Crippen molar-refractivity contribution >= 4 is 50.1 Å². The summed E-state index contributed by atoms with van der Waals surface area (Å²) in [7, 11) is 0. The number of fused-ring (bicyclic) bond motifs is 3. The molecule has 4 heteroatoms. The molecule has 0 atom stereocenters. The summed E-state index contributed by atoms with van der Waals surface area (Å²) in [5.41, 5.74) is 9.73. The molecule has 36 heavy (non-hydrogen) atoms. The van der Waals surface area contributed by atoms with Crippen molar-refractivity contribution in [3.63, 3.8) is 0 Å². The second-order valence-electron chi connectivity index (χ2n) is 7.13. The molecular weight excluding hydrogens is 490 g/mol. The number of rotatable bonds is 3. The number of hydrogen-bond acceptors (Lipinski definition) is 1. The number of amides is 1. The maximum absolute atomic E-state index is 8.47. The van der Waals surface area contributed by atoms with Crippen molar-refractivity contribution in [1.29, 1.82) is 0 Å². The van der Waals surface area contributed by atoms with Gasteiger partial charge in [-0.3, -0.25) is 0 Å². The molecule has 178 valence electrons. The van der Waals surface area contributed by atoms with E-state index in [1.807, 2.05) is 36.4 Å². The molecule has 5 aromatic carbocycles. The second kappa shape index (κ2) is 18.0. The third-order valence-corrected chi connectivity index (χ3v) is 5.13. The summed E-state index contributed by atoms with van der Waals surface area (Å²) in [4.78, 5) is 8.47. The van der Waals surface area contributed by atoms with E-state index in [2.05, 4.69) is 92.0 Å². The minimum absolute atomic E-state index is 0. The standard InChI is InChI=1S/C16H14.C13H9.CH3NO.2CH3.Si.Ti/c1-13(15-9-5-3-6-10-15)14(2)16-11-7-4-8-12-16;1-3-7-12-10(5-1)9-11-6-2-4-8-13(11)12;2-1-3;;;;/h3-12H,1-2H2;1-9H;1H,(H2,2,3);2*1H3;;/q;-1;;2*-1;;+4/p-1. The quantitative estimate of drug-likeness (QED) is 0.101. The fourth-order valence-electron chi connectivity index (χ4n) is 3.53. The number of allylic oxidation sites excluding steroid dienone is 2. The van der Waals surface area contributed by atoms with Crippen LogP contribution >= 0.6 is 0 Å². The molecule has 1 amide bonds. The normalized spacial score (nSPS) is 8.67. The summed E-state index contributed by atoms with van der Waals surface area (Å²) in [6.07, 6.45) is 0. The number of carbonyl (C=O) groups excluding carboxylic acids is 1. The topological polar surface area (TPSA) is 40.9 Å².